The lowest BCUT2D eigenvalue weighted by molar-refractivity contribution is -0.127. The molecule has 0 saturated heterocycles. The molecule has 1 amide bonds. The third-order valence-electron chi connectivity index (χ3n) is 3.94. The van der Waals surface area contributed by atoms with E-state index in [1.807, 2.05) is 0 Å². The number of amides is 1. The van der Waals surface area contributed by atoms with Crippen molar-refractivity contribution in [2.45, 2.75) is 31.9 Å². The number of hydrogen-bond acceptors (Lipinski definition) is 3. The molecule has 7 heteroatoms. The molecular weight excluding hydrogens is 307 g/mol. The van der Waals surface area contributed by atoms with Crippen molar-refractivity contribution in [1.82, 2.24) is 4.90 Å². The Labute approximate surface area is 130 Å². The standard InChI is InChI=1S/C15H21FN2O3S/c1-10-8-13(16)9-12-6-5-7-18(14(10)12)22(20,21)11(2)15(19)17(3)4/h8-9,11H,5-7H2,1-4H3. The molecule has 1 atom stereocenters. The Balaban J connectivity index is 2.50. The lowest BCUT2D eigenvalue weighted by Gasteiger charge is -2.34. The van der Waals surface area contributed by atoms with Gasteiger partial charge in [0.05, 0.1) is 5.69 Å². The number of aryl methyl sites for hydroxylation is 2. The zero-order valence-corrected chi connectivity index (χ0v) is 14.1. The fraction of sp³-hybridized carbons (Fsp3) is 0.533. The molecule has 0 fully saturated rings. The van der Waals surface area contributed by atoms with Crippen LogP contribution in [-0.2, 0) is 21.2 Å². The van der Waals surface area contributed by atoms with Crippen molar-refractivity contribution >= 4 is 21.6 Å². The van der Waals surface area contributed by atoms with Gasteiger partial charge < -0.3 is 4.90 Å². The SMILES string of the molecule is Cc1cc(F)cc2c1N(S(=O)(=O)C(C)C(=O)N(C)C)CCC2. The van der Waals surface area contributed by atoms with E-state index in [0.29, 0.717) is 36.2 Å². The normalized spacial score (nSPS) is 16.1. The van der Waals surface area contributed by atoms with Gasteiger partial charge in [-0.3, -0.25) is 9.10 Å². The number of nitrogens with zero attached hydrogens (tertiary/aromatic N) is 2. The number of anilines is 1. The lowest BCUT2D eigenvalue weighted by Crippen LogP contribution is -2.47. The number of carbonyl (C=O) groups is 1. The first-order valence-electron chi connectivity index (χ1n) is 7.18. The highest BCUT2D eigenvalue weighted by Crippen LogP contribution is 2.34. The minimum atomic E-state index is -3.84. The van der Waals surface area contributed by atoms with Crippen LogP contribution in [0.2, 0.25) is 0 Å². The predicted molar refractivity (Wildman–Crippen MR) is 83.9 cm³/mol. The Hall–Kier alpha value is -1.63. The molecule has 0 radical (unpaired) electrons. The van der Waals surface area contributed by atoms with Crippen molar-refractivity contribution in [3.05, 3.63) is 29.1 Å². The van der Waals surface area contributed by atoms with E-state index in [1.54, 1.807) is 6.92 Å². The number of halogens is 1. The Bertz CT molecular complexity index is 701. The molecule has 0 bridgehead atoms. The third-order valence-corrected chi connectivity index (χ3v) is 6.02. The van der Waals surface area contributed by atoms with Gasteiger partial charge in [0.15, 0.2) is 5.25 Å². The van der Waals surface area contributed by atoms with Crippen LogP contribution in [0, 0.1) is 12.7 Å². The van der Waals surface area contributed by atoms with Crippen molar-refractivity contribution in [1.29, 1.82) is 0 Å². The summed E-state index contributed by atoms with van der Waals surface area (Å²) >= 11 is 0. The third kappa shape index (κ3) is 2.82. The molecule has 1 aromatic rings. The molecule has 0 N–H and O–H groups in total. The zero-order chi connectivity index (χ0) is 16.7. The predicted octanol–water partition coefficient (Wildman–Crippen LogP) is 1.69. The second-order valence-electron chi connectivity index (χ2n) is 5.83. The van der Waals surface area contributed by atoms with Crippen molar-refractivity contribution < 1.29 is 17.6 Å². The second-order valence-corrected chi connectivity index (χ2v) is 8.00. The van der Waals surface area contributed by atoms with Crippen molar-refractivity contribution in [3.63, 3.8) is 0 Å². The van der Waals surface area contributed by atoms with Crippen LogP contribution in [0.25, 0.3) is 0 Å². The Kier molecular flexibility index (Phi) is 4.47. The van der Waals surface area contributed by atoms with Crippen LogP contribution in [0.5, 0.6) is 0 Å². The number of carbonyl (C=O) groups excluding carboxylic acids is 1. The summed E-state index contributed by atoms with van der Waals surface area (Å²) in [6, 6.07) is 2.70. The van der Waals surface area contributed by atoms with Crippen LogP contribution >= 0.6 is 0 Å². The highest BCUT2D eigenvalue weighted by atomic mass is 32.2. The smallest absolute Gasteiger partial charge is 0.246 e. The number of fused-ring (bicyclic) bond motifs is 1. The van der Waals surface area contributed by atoms with Crippen LogP contribution < -0.4 is 4.31 Å². The number of rotatable bonds is 3. The molecule has 1 unspecified atom stereocenters. The van der Waals surface area contributed by atoms with Crippen molar-refractivity contribution in [2.24, 2.45) is 0 Å². The van der Waals surface area contributed by atoms with Crippen LogP contribution in [0.15, 0.2) is 12.1 Å². The first-order chi connectivity index (χ1) is 10.2. The quantitative estimate of drug-likeness (QED) is 0.848. The highest BCUT2D eigenvalue weighted by molar-refractivity contribution is 7.94. The first kappa shape index (κ1) is 16.7. The molecule has 1 aliphatic rings. The van der Waals surface area contributed by atoms with Gasteiger partial charge in [-0.15, -0.1) is 0 Å². The average Bonchev–Trinajstić information content (AvgIpc) is 2.44. The second kappa shape index (κ2) is 5.87. The molecule has 122 valence electrons. The summed E-state index contributed by atoms with van der Waals surface area (Å²) in [4.78, 5) is 13.3. The number of benzene rings is 1. The Morgan fingerprint density at radius 3 is 2.59 bits per heavy atom. The summed E-state index contributed by atoms with van der Waals surface area (Å²) in [6.07, 6.45) is 1.24. The van der Waals surface area contributed by atoms with Crippen LogP contribution in [0.4, 0.5) is 10.1 Å². The van der Waals surface area contributed by atoms with Crippen LogP contribution in [0.1, 0.15) is 24.5 Å². The summed E-state index contributed by atoms with van der Waals surface area (Å²) in [5.41, 5.74) is 1.77. The van der Waals surface area contributed by atoms with Gasteiger partial charge in [0, 0.05) is 20.6 Å². The first-order valence-corrected chi connectivity index (χ1v) is 8.68. The van der Waals surface area contributed by atoms with Crippen LogP contribution in [0.3, 0.4) is 0 Å². The molecular formula is C15H21FN2O3S. The van der Waals surface area contributed by atoms with E-state index >= 15 is 0 Å². The van der Waals surface area contributed by atoms with E-state index < -0.39 is 21.2 Å². The minimum absolute atomic E-state index is 0.312. The fourth-order valence-electron chi connectivity index (χ4n) is 2.81. The number of hydrogen-bond donors (Lipinski definition) is 0. The van der Waals surface area contributed by atoms with E-state index in [-0.39, 0.29) is 5.82 Å². The van der Waals surface area contributed by atoms with Gasteiger partial charge in [0.1, 0.15) is 5.82 Å². The van der Waals surface area contributed by atoms with Crippen LogP contribution in [-0.4, -0.2) is 45.1 Å². The Morgan fingerprint density at radius 2 is 2.00 bits per heavy atom. The van der Waals surface area contributed by atoms with E-state index in [0.717, 1.165) is 0 Å². The molecule has 0 aromatic heterocycles. The maximum absolute atomic E-state index is 13.5. The molecule has 2 rings (SSSR count). The largest absolute Gasteiger partial charge is 0.348 e. The molecule has 1 heterocycles. The van der Waals surface area contributed by atoms with Gasteiger partial charge in [-0.05, 0) is 49.9 Å². The summed E-state index contributed by atoms with van der Waals surface area (Å²) in [5.74, 6) is -0.834. The summed E-state index contributed by atoms with van der Waals surface area (Å²) in [5, 5.41) is -1.17. The van der Waals surface area contributed by atoms with Gasteiger partial charge >= 0.3 is 0 Å². The molecule has 0 spiro atoms. The van der Waals surface area contributed by atoms with Gasteiger partial charge in [-0.2, -0.15) is 0 Å². The van der Waals surface area contributed by atoms with E-state index in [4.69, 9.17) is 0 Å². The molecule has 0 aliphatic carbocycles. The average molecular weight is 328 g/mol. The topological polar surface area (TPSA) is 57.7 Å². The molecule has 5 nitrogen and oxygen atoms in total. The van der Waals surface area contributed by atoms with E-state index in [9.17, 15) is 17.6 Å². The van der Waals surface area contributed by atoms with Gasteiger partial charge in [0.25, 0.3) is 0 Å². The Morgan fingerprint density at radius 1 is 1.36 bits per heavy atom. The fourth-order valence-corrected chi connectivity index (χ4v) is 4.56. The number of sulfonamides is 1. The van der Waals surface area contributed by atoms with Gasteiger partial charge in [0.2, 0.25) is 15.9 Å². The van der Waals surface area contributed by atoms with Crippen molar-refractivity contribution in [3.8, 4) is 0 Å². The monoisotopic (exact) mass is 328 g/mol. The molecule has 22 heavy (non-hydrogen) atoms. The van der Waals surface area contributed by atoms with Gasteiger partial charge in [-0.25, -0.2) is 12.8 Å². The summed E-state index contributed by atoms with van der Waals surface area (Å²) in [7, 11) is -0.782. The highest BCUT2D eigenvalue weighted by Gasteiger charge is 2.37. The van der Waals surface area contributed by atoms with Crippen molar-refractivity contribution in [2.75, 3.05) is 24.9 Å². The maximum atomic E-state index is 13.5. The van der Waals surface area contributed by atoms with Gasteiger partial charge in [-0.1, -0.05) is 0 Å². The molecule has 1 aromatic carbocycles. The summed E-state index contributed by atoms with van der Waals surface area (Å²) < 4.78 is 40.4. The summed E-state index contributed by atoms with van der Waals surface area (Å²) in [6.45, 7) is 3.39. The zero-order valence-electron chi connectivity index (χ0n) is 13.3. The lowest BCUT2D eigenvalue weighted by atomic mass is 10.00. The molecule has 0 saturated carbocycles. The van der Waals surface area contributed by atoms with E-state index in [2.05, 4.69) is 0 Å². The maximum Gasteiger partial charge on any atom is 0.246 e. The minimum Gasteiger partial charge on any atom is -0.348 e. The van der Waals surface area contributed by atoms with E-state index in [1.165, 1.54) is 42.4 Å². The molecule has 1 aliphatic heterocycles.